The van der Waals surface area contributed by atoms with E-state index in [9.17, 15) is 9.59 Å². The normalized spacial score (nSPS) is 12.7. The number of carboxylic acids is 2. The molecule has 0 bridgehead atoms. The molecular weight excluding hydrogens is 208 g/mol. The molecule has 94 valence electrons. The Labute approximate surface area is 96.7 Å². The second kappa shape index (κ2) is 8.13. The van der Waals surface area contributed by atoms with Gasteiger partial charge in [-0.2, -0.15) is 0 Å². The Balaban J connectivity index is 3.88. The highest BCUT2D eigenvalue weighted by Crippen LogP contribution is 2.20. The van der Waals surface area contributed by atoms with Crippen LogP contribution in [0.4, 0.5) is 0 Å². The zero-order valence-corrected chi connectivity index (χ0v) is 10.1. The summed E-state index contributed by atoms with van der Waals surface area (Å²) in [6, 6.07) is 0. The Morgan fingerprint density at radius 3 is 1.94 bits per heavy atom. The van der Waals surface area contributed by atoms with E-state index in [1.165, 1.54) is 12.8 Å². The van der Waals surface area contributed by atoms with Crippen molar-refractivity contribution in [1.82, 2.24) is 0 Å². The monoisotopic (exact) mass is 230 g/mol. The van der Waals surface area contributed by atoms with Crippen LogP contribution in [0.1, 0.15) is 52.4 Å². The van der Waals surface area contributed by atoms with Crippen LogP contribution in [0, 0.1) is 11.8 Å². The highest BCUT2D eigenvalue weighted by Gasteiger charge is 2.31. The highest BCUT2D eigenvalue weighted by molar-refractivity contribution is 5.93. The highest BCUT2D eigenvalue weighted by atomic mass is 16.4. The van der Waals surface area contributed by atoms with Gasteiger partial charge in [-0.3, -0.25) is 9.59 Å². The van der Waals surface area contributed by atoms with Gasteiger partial charge >= 0.3 is 11.9 Å². The number of rotatable bonds is 9. The summed E-state index contributed by atoms with van der Waals surface area (Å²) < 4.78 is 0. The van der Waals surface area contributed by atoms with Crippen molar-refractivity contribution < 1.29 is 19.8 Å². The SMILES string of the molecule is CCCCCCCC(C)C(C(=O)O)C(=O)O. The molecule has 0 aliphatic rings. The molecule has 0 aromatic carbocycles. The molecule has 1 atom stereocenters. The van der Waals surface area contributed by atoms with E-state index in [4.69, 9.17) is 10.2 Å². The molecule has 0 aliphatic carbocycles. The number of carbonyl (C=O) groups is 2. The summed E-state index contributed by atoms with van der Waals surface area (Å²) in [6.07, 6.45) is 6.15. The predicted molar refractivity (Wildman–Crippen MR) is 61.3 cm³/mol. The summed E-state index contributed by atoms with van der Waals surface area (Å²) in [7, 11) is 0. The zero-order valence-electron chi connectivity index (χ0n) is 10.1. The average Bonchev–Trinajstić information content (AvgIpc) is 2.16. The van der Waals surface area contributed by atoms with Gasteiger partial charge in [-0.05, 0) is 12.3 Å². The van der Waals surface area contributed by atoms with Gasteiger partial charge in [0.2, 0.25) is 0 Å². The van der Waals surface area contributed by atoms with Gasteiger partial charge in [0.1, 0.15) is 0 Å². The largest absolute Gasteiger partial charge is 0.481 e. The number of aliphatic carboxylic acids is 2. The van der Waals surface area contributed by atoms with Gasteiger partial charge in [0.25, 0.3) is 0 Å². The molecule has 0 fully saturated rings. The van der Waals surface area contributed by atoms with Crippen LogP contribution in [0.3, 0.4) is 0 Å². The first-order chi connectivity index (χ1) is 7.50. The van der Waals surface area contributed by atoms with Crippen LogP contribution < -0.4 is 0 Å². The first-order valence-corrected chi connectivity index (χ1v) is 5.96. The van der Waals surface area contributed by atoms with Crippen molar-refractivity contribution in [1.29, 1.82) is 0 Å². The molecule has 0 aromatic heterocycles. The fourth-order valence-electron chi connectivity index (χ4n) is 1.83. The van der Waals surface area contributed by atoms with Gasteiger partial charge < -0.3 is 10.2 Å². The van der Waals surface area contributed by atoms with Crippen LogP contribution >= 0.6 is 0 Å². The first-order valence-electron chi connectivity index (χ1n) is 5.96. The van der Waals surface area contributed by atoms with Crippen molar-refractivity contribution >= 4 is 11.9 Å². The van der Waals surface area contributed by atoms with Crippen LogP contribution in [0.15, 0.2) is 0 Å². The Morgan fingerprint density at radius 1 is 1.00 bits per heavy atom. The average molecular weight is 230 g/mol. The standard InChI is InChI=1S/C12H22O4/c1-3-4-5-6-7-8-9(2)10(11(13)14)12(15)16/h9-10H,3-8H2,1-2H3,(H,13,14)(H,15,16). The van der Waals surface area contributed by atoms with Gasteiger partial charge in [-0.25, -0.2) is 0 Å². The minimum absolute atomic E-state index is 0.295. The van der Waals surface area contributed by atoms with E-state index < -0.39 is 17.9 Å². The Bertz CT molecular complexity index is 211. The van der Waals surface area contributed by atoms with E-state index >= 15 is 0 Å². The molecule has 0 amide bonds. The lowest BCUT2D eigenvalue weighted by atomic mass is 9.89. The molecule has 0 rings (SSSR count). The Kier molecular flexibility index (Phi) is 7.60. The zero-order chi connectivity index (χ0) is 12.6. The quantitative estimate of drug-likeness (QED) is 0.472. The van der Waals surface area contributed by atoms with E-state index in [-0.39, 0.29) is 5.92 Å². The molecule has 0 heterocycles. The summed E-state index contributed by atoms with van der Waals surface area (Å²) >= 11 is 0. The van der Waals surface area contributed by atoms with Crippen molar-refractivity contribution in [3.8, 4) is 0 Å². The Hall–Kier alpha value is -1.06. The third kappa shape index (κ3) is 5.73. The molecule has 4 heteroatoms. The van der Waals surface area contributed by atoms with Crippen molar-refractivity contribution in [3.05, 3.63) is 0 Å². The van der Waals surface area contributed by atoms with Gasteiger partial charge in [-0.15, -0.1) is 0 Å². The molecule has 0 spiro atoms. The molecule has 0 saturated carbocycles. The van der Waals surface area contributed by atoms with Crippen molar-refractivity contribution in [2.24, 2.45) is 11.8 Å². The number of hydrogen-bond acceptors (Lipinski definition) is 2. The fourth-order valence-corrected chi connectivity index (χ4v) is 1.83. The van der Waals surface area contributed by atoms with E-state index in [0.717, 1.165) is 19.3 Å². The second-order valence-electron chi connectivity index (χ2n) is 4.33. The van der Waals surface area contributed by atoms with Crippen LogP contribution in [0.2, 0.25) is 0 Å². The van der Waals surface area contributed by atoms with E-state index in [2.05, 4.69) is 6.92 Å². The molecule has 0 radical (unpaired) electrons. The lowest BCUT2D eigenvalue weighted by Crippen LogP contribution is -2.29. The smallest absolute Gasteiger partial charge is 0.318 e. The van der Waals surface area contributed by atoms with Crippen LogP contribution in [-0.4, -0.2) is 22.2 Å². The number of carboxylic acid groups (broad SMARTS) is 2. The lowest BCUT2D eigenvalue weighted by Gasteiger charge is -2.15. The summed E-state index contributed by atoms with van der Waals surface area (Å²) in [5.41, 5.74) is 0. The predicted octanol–water partition coefficient (Wildman–Crippen LogP) is 2.77. The van der Waals surface area contributed by atoms with E-state index in [0.29, 0.717) is 6.42 Å². The van der Waals surface area contributed by atoms with Gasteiger partial charge in [0.15, 0.2) is 5.92 Å². The molecule has 2 N–H and O–H groups in total. The van der Waals surface area contributed by atoms with Crippen molar-refractivity contribution in [2.45, 2.75) is 52.4 Å². The Morgan fingerprint density at radius 2 is 1.50 bits per heavy atom. The minimum Gasteiger partial charge on any atom is -0.481 e. The number of hydrogen-bond donors (Lipinski definition) is 2. The molecule has 1 unspecified atom stereocenters. The van der Waals surface area contributed by atoms with E-state index in [1.54, 1.807) is 6.92 Å². The van der Waals surface area contributed by atoms with Gasteiger partial charge in [-0.1, -0.05) is 46.0 Å². The summed E-state index contributed by atoms with van der Waals surface area (Å²) in [4.78, 5) is 21.5. The maximum atomic E-state index is 10.7. The summed E-state index contributed by atoms with van der Waals surface area (Å²) in [6.45, 7) is 3.83. The molecule has 0 saturated heterocycles. The third-order valence-corrected chi connectivity index (χ3v) is 2.86. The van der Waals surface area contributed by atoms with Gasteiger partial charge in [0.05, 0.1) is 0 Å². The maximum absolute atomic E-state index is 10.7. The van der Waals surface area contributed by atoms with Gasteiger partial charge in [0, 0.05) is 0 Å². The second-order valence-corrected chi connectivity index (χ2v) is 4.33. The number of unbranched alkanes of at least 4 members (excludes halogenated alkanes) is 4. The molecule has 0 aromatic rings. The molecule has 4 nitrogen and oxygen atoms in total. The van der Waals surface area contributed by atoms with Crippen LogP contribution in [0.5, 0.6) is 0 Å². The van der Waals surface area contributed by atoms with Crippen molar-refractivity contribution in [3.63, 3.8) is 0 Å². The summed E-state index contributed by atoms with van der Waals surface area (Å²) in [5, 5.41) is 17.5. The molecular formula is C12H22O4. The third-order valence-electron chi connectivity index (χ3n) is 2.86. The van der Waals surface area contributed by atoms with Crippen LogP contribution in [-0.2, 0) is 9.59 Å². The topological polar surface area (TPSA) is 74.6 Å². The van der Waals surface area contributed by atoms with E-state index in [1.807, 2.05) is 0 Å². The first kappa shape index (κ1) is 14.9. The summed E-state index contributed by atoms with van der Waals surface area (Å²) in [5.74, 6) is -4.01. The molecule has 16 heavy (non-hydrogen) atoms. The minimum atomic E-state index is -1.26. The van der Waals surface area contributed by atoms with Crippen LogP contribution in [0.25, 0.3) is 0 Å². The van der Waals surface area contributed by atoms with Crippen molar-refractivity contribution in [2.75, 3.05) is 0 Å². The fraction of sp³-hybridized carbons (Fsp3) is 0.833. The lowest BCUT2D eigenvalue weighted by molar-refractivity contribution is -0.157. The maximum Gasteiger partial charge on any atom is 0.318 e. The molecule has 0 aliphatic heterocycles.